The van der Waals surface area contributed by atoms with E-state index in [1.54, 1.807) is 30.3 Å². The summed E-state index contributed by atoms with van der Waals surface area (Å²) in [7, 11) is 0. The van der Waals surface area contributed by atoms with Crippen molar-refractivity contribution in [1.82, 2.24) is 5.32 Å². The molecule has 0 bridgehead atoms. The number of anilines is 2. The number of thiocarbonyl (C=S) groups is 1. The second-order valence-electron chi connectivity index (χ2n) is 7.89. The molecule has 0 saturated heterocycles. The third-order valence-corrected chi connectivity index (χ3v) is 5.11. The highest BCUT2D eigenvalue weighted by Gasteiger charge is 2.05. The van der Waals surface area contributed by atoms with Crippen LogP contribution in [-0.2, 0) is 16.0 Å². The number of carbonyl (C=O) groups excluding carboxylic acids is 2. The summed E-state index contributed by atoms with van der Waals surface area (Å²) in [6, 6.07) is 24.8. The van der Waals surface area contributed by atoms with Crippen LogP contribution < -0.4 is 16.0 Å². The van der Waals surface area contributed by atoms with E-state index >= 15 is 0 Å². The van der Waals surface area contributed by atoms with E-state index in [1.807, 2.05) is 42.5 Å². The van der Waals surface area contributed by atoms with Gasteiger partial charge in [0, 0.05) is 17.5 Å². The van der Waals surface area contributed by atoms with Crippen LogP contribution in [0.25, 0.3) is 6.08 Å². The van der Waals surface area contributed by atoms with E-state index < -0.39 is 0 Å². The molecule has 0 fully saturated rings. The molecule has 0 saturated carbocycles. The number of amides is 2. The van der Waals surface area contributed by atoms with Crippen molar-refractivity contribution >= 4 is 46.6 Å². The molecular weight excluding hydrogens is 430 g/mol. The Morgan fingerprint density at radius 1 is 0.848 bits per heavy atom. The van der Waals surface area contributed by atoms with E-state index in [9.17, 15) is 9.59 Å². The fourth-order valence-electron chi connectivity index (χ4n) is 3.10. The van der Waals surface area contributed by atoms with Gasteiger partial charge in [0.15, 0.2) is 5.11 Å². The molecule has 3 rings (SSSR count). The SMILES string of the molecule is CC(C)c1ccc(/C=C/C(=O)NC(=S)Nc2ccc(NC(=O)Cc3ccccc3)cc2)cc1. The minimum absolute atomic E-state index is 0.0877. The van der Waals surface area contributed by atoms with Gasteiger partial charge in [0.05, 0.1) is 6.42 Å². The van der Waals surface area contributed by atoms with Gasteiger partial charge in [-0.2, -0.15) is 0 Å². The fraction of sp³-hybridized carbons (Fsp3) is 0.148. The molecule has 3 aromatic carbocycles. The van der Waals surface area contributed by atoms with Crippen LogP contribution in [0.15, 0.2) is 84.9 Å². The molecule has 0 radical (unpaired) electrons. The Morgan fingerprint density at radius 3 is 2.06 bits per heavy atom. The molecule has 0 aliphatic carbocycles. The molecule has 0 aliphatic heterocycles. The number of nitrogens with one attached hydrogen (secondary N) is 3. The zero-order valence-corrected chi connectivity index (χ0v) is 19.5. The first-order chi connectivity index (χ1) is 15.9. The van der Waals surface area contributed by atoms with Gasteiger partial charge >= 0.3 is 0 Å². The van der Waals surface area contributed by atoms with Gasteiger partial charge in [-0.3, -0.25) is 14.9 Å². The Bertz CT molecular complexity index is 1120. The molecule has 5 nitrogen and oxygen atoms in total. The van der Waals surface area contributed by atoms with Crippen molar-refractivity contribution in [3.05, 3.63) is 102 Å². The predicted molar refractivity (Wildman–Crippen MR) is 139 cm³/mol. The van der Waals surface area contributed by atoms with Crippen molar-refractivity contribution in [2.45, 2.75) is 26.2 Å². The maximum absolute atomic E-state index is 12.2. The third kappa shape index (κ3) is 8.01. The van der Waals surface area contributed by atoms with Crippen molar-refractivity contribution in [3.8, 4) is 0 Å². The van der Waals surface area contributed by atoms with E-state index in [4.69, 9.17) is 12.2 Å². The van der Waals surface area contributed by atoms with Gasteiger partial charge in [0.1, 0.15) is 0 Å². The van der Waals surface area contributed by atoms with E-state index in [0.29, 0.717) is 23.7 Å². The van der Waals surface area contributed by atoms with Crippen LogP contribution >= 0.6 is 12.2 Å². The summed E-state index contributed by atoms with van der Waals surface area (Å²) in [5, 5.41) is 8.65. The van der Waals surface area contributed by atoms with Gasteiger partial charge in [-0.25, -0.2) is 0 Å². The quantitative estimate of drug-likeness (QED) is 0.323. The van der Waals surface area contributed by atoms with Gasteiger partial charge in [0.25, 0.3) is 0 Å². The van der Waals surface area contributed by atoms with E-state index in [-0.39, 0.29) is 16.9 Å². The summed E-state index contributed by atoms with van der Waals surface area (Å²) in [6.45, 7) is 4.28. The van der Waals surface area contributed by atoms with Crippen LogP contribution in [0.5, 0.6) is 0 Å². The van der Waals surface area contributed by atoms with Crippen LogP contribution in [0.1, 0.15) is 36.5 Å². The lowest BCUT2D eigenvalue weighted by molar-refractivity contribution is -0.116. The molecule has 0 aliphatic rings. The average molecular weight is 458 g/mol. The zero-order chi connectivity index (χ0) is 23.6. The summed E-state index contributed by atoms with van der Waals surface area (Å²) in [5.41, 5.74) is 4.54. The highest BCUT2D eigenvalue weighted by molar-refractivity contribution is 7.80. The molecule has 0 heterocycles. The van der Waals surface area contributed by atoms with E-state index in [1.165, 1.54) is 11.6 Å². The lowest BCUT2D eigenvalue weighted by atomic mass is 10.0. The Labute approximate surface area is 199 Å². The van der Waals surface area contributed by atoms with Gasteiger partial charge in [-0.05, 0) is 65.2 Å². The van der Waals surface area contributed by atoms with Crippen LogP contribution in [-0.4, -0.2) is 16.9 Å². The molecule has 33 heavy (non-hydrogen) atoms. The molecular formula is C27H27N3O2S. The van der Waals surface area contributed by atoms with Gasteiger partial charge in [-0.15, -0.1) is 0 Å². The van der Waals surface area contributed by atoms with Crippen LogP contribution in [0.4, 0.5) is 11.4 Å². The van der Waals surface area contributed by atoms with Crippen molar-refractivity contribution < 1.29 is 9.59 Å². The van der Waals surface area contributed by atoms with Gasteiger partial charge in [-0.1, -0.05) is 68.4 Å². The molecule has 6 heteroatoms. The largest absolute Gasteiger partial charge is 0.332 e. The molecule has 3 aromatic rings. The predicted octanol–water partition coefficient (Wildman–Crippen LogP) is 5.52. The highest BCUT2D eigenvalue weighted by Crippen LogP contribution is 2.16. The summed E-state index contributed by atoms with van der Waals surface area (Å²) in [5.74, 6) is 0.0648. The summed E-state index contributed by atoms with van der Waals surface area (Å²) < 4.78 is 0. The van der Waals surface area contributed by atoms with Crippen LogP contribution in [0.2, 0.25) is 0 Å². The summed E-state index contributed by atoms with van der Waals surface area (Å²) >= 11 is 5.22. The van der Waals surface area contributed by atoms with Crippen molar-refractivity contribution in [2.75, 3.05) is 10.6 Å². The first-order valence-electron chi connectivity index (χ1n) is 10.7. The highest BCUT2D eigenvalue weighted by atomic mass is 32.1. The smallest absolute Gasteiger partial charge is 0.250 e. The zero-order valence-electron chi connectivity index (χ0n) is 18.7. The molecule has 3 N–H and O–H groups in total. The molecule has 0 unspecified atom stereocenters. The summed E-state index contributed by atoms with van der Waals surface area (Å²) in [6.07, 6.45) is 3.51. The summed E-state index contributed by atoms with van der Waals surface area (Å²) in [4.78, 5) is 24.3. The lowest BCUT2D eigenvalue weighted by Crippen LogP contribution is -2.32. The minimum Gasteiger partial charge on any atom is -0.332 e. The average Bonchev–Trinajstić information content (AvgIpc) is 2.80. The molecule has 2 amide bonds. The number of carbonyl (C=O) groups is 2. The maximum Gasteiger partial charge on any atom is 0.250 e. The Kier molecular flexibility index (Phi) is 8.49. The Hall–Kier alpha value is -3.77. The van der Waals surface area contributed by atoms with Gasteiger partial charge < -0.3 is 10.6 Å². The van der Waals surface area contributed by atoms with Crippen LogP contribution in [0.3, 0.4) is 0 Å². The molecule has 168 valence electrons. The van der Waals surface area contributed by atoms with Crippen molar-refractivity contribution in [3.63, 3.8) is 0 Å². The monoisotopic (exact) mass is 457 g/mol. The Balaban J connectivity index is 1.45. The lowest BCUT2D eigenvalue weighted by Gasteiger charge is -2.10. The third-order valence-electron chi connectivity index (χ3n) is 4.90. The number of benzene rings is 3. The first-order valence-corrected chi connectivity index (χ1v) is 11.1. The van der Waals surface area contributed by atoms with E-state index in [2.05, 4.69) is 41.9 Å². The molecule has 0 aromatic heterocycles. The van der Waals surface area contributed by atoms with Crippen LogP contribution in [0, 0.1) is 0 Å². The number of rotatable bonds is 7. The minimum atomic E-state index is -0.315. The standard InChI is InChI=1S/C27H27N3O2S/c1-19(2)22-11-8-20(9-12-22)10-17-25(31)30-27(33)29-24-15-13-23(14-16-24)28-26(32)18-21-6-4-3-5-7-21/h3-17,19H,18H2,1-2H3,(H,28,32)(H2,29,30,31,33)/b17-10+. The fourth-order valence-corrected chi connectivity index (χ4v) is 3.32. The van der Waals surface area contributed by atoms with Crippen molar-refractivity contribution in [1.29, 1.82) is 0 Å². The Morgan fingerprint density at radius 2 is 1.45 bits per heavy atom. The normalized spacial score (nSPS) is 10.8. The second-order valence-corrected chi connectivity index (χ2v) is 8.29. The van der Waals surface area contributed by atoms with Gasteiger partial charge in [0.2, 0.25) is 11.8 Å². The van der Waals surface area contributed by atoms with Crippen molar-refractivity contribution in [2.24, 2.45) is 0 Å². The second kappa shape index (κ2) is 11.7. The molecule has 0 atom stereocenters. The number of hydrogen-bond acceptors (Lipinski definition) is 3. The molecule has 0 spiro atoms. The maximum atomic E-state index is 12.2. The number of hydrogen-bond donors (Lipinski definition) is 3. The van der Waals surface area contributed by atoms with E-state index in [0.717, 1.165) is 11.1 Å². The first kappa shape index (κ1) is 23.9. The topological polar surface area (TPSA) is 70.2 Å².